The second kappa shape index (κ2) is 13.6. The van der Waals surface area contributed by atoms with Crippen molar-refractivity contribution in [2.45, 2.75) is 0 Å². The van der Waals surface area contributed by atoms with Crippen LogP contribution in [0.4, 0.5) is 0 Å². The molecule has 0 rings (SSSR count). The second-order valence-corrected chi connectivity index (χ2v) is 1.54. The van der Waals surface area contributed by atoms with E-state index in [1.54, 1.807) is 0 Å². The molecule has 4 N–H and O–H groups in total. The molecular formula is H4ClKNaO5P. The number of phosphoric acid groups is 1. The Balaban J connectivity index is -0.0000000133. The molecule has 0 fully saturated rings. The van der Waals surface area contributed by atoms with E-state index in [9.17, 15) is 0 Å². The third kappa shape index (κ3) is 99.1. The Kier molecular flexibility index (Phi) is 44.7. The maximum atomic E-state index is 8.88. The summed E-state index contributed by atoms with van der Waals surface area (Å²) in [6.45, 7) is 0. The summed E-state index contributed by atoms with van der Waals surface area (Å²) in [6.07, 6.45) is 0. The van der Waals surface area contributed by atoms with Gasteiger partial charge in [0.1, 0.15) is 0 Å². The van der Waals surface area contributed by atoms with Crippen molar-refractivity contribution in [1.29, 1.82) is 0 Å². The molecule has 0 aromatic carbocycles. The first-order valence-corrected chi connectivity index (χ1v) is 2.35. The first-order chi connectivity index (χ1) is 2.00. The number of hydrogen-bond donors (Lipinski definition) is 3. The summed E-state index contributed by atoms with van der Waals surface area (Å²) in [5, 5.41) is 0. The Morgan fingerprint density at radius 3 is 1.11 bits per heavy atom. The zero-order chi connectivity index (χ0) is 4.50. The maximum Gasteiger partial charge on any atom is 1.00 e. The van der Waals surface area contributed by atoms with E-state index in [0.717, 1.165) is 0 Å². The summed E-state index contributed by atoms with van der Waals surface area (Å²) < 4.78 is 8.88. The van der Waals surface area contributed by atoms with Crippen LogP contribution in [0.2, 0.25) is 0 Å². The van der Waals surface area contributed by atoms with Gasteiger partial charge in [0.25, 0.3) is 0 Å². The largest absolute Gasteiger partial charge is 1.00 e. The summed E-state index contributed by atoms with van der Waals surface area (Å²) >= 11 is 0. The molecule has 0 spiro atoms. The fraction of sp³-hybridized carbons (Fsp3) is 0. The van der Waals surface area contributed by atoms with E-state index in [2.05, 4.69) is 0 Å². The molecule has 0 aliphatic carbocycles. The summed E-state index contributed by atoms with van der Waals surface area (Å²) in [4.78, 5) is 21.6. The summed E-state index contributed by atoms with van der Waals surface area (Å²) in [6, 6.07) is 0. The van der Waals surface area contributed by atoms with Crippen LogP contribution in [0.5, 0.6) is 0 Å². The monoisotopic (exact) mass is 212 g/mol. The van der Waals surface area contributed by atoms with Gasteiger partial charge in [-0.2, -0.15) is 0 Å². The van der Waals surface area contributed by atoms with Gasteiger partial charge in [-0.1, -0.05) is 0 Å². The summed E-state index contributed by atoms with van der Waals surface area (Å²) in [5.41, 5.74) is 0. The quantitative estimate of drug-likeness (QED) is 0.273. The first-order valence-electron chi connectivity index (χ1n) is 0.783. The Labute approximate surface area is 123 Å². The maximum absolute atomic E-state index is 8.88. The molecular weight excluding hydrogens is 209 g/mol. The van der Waals surface area contributed by atoms with Crippen LogP contribution in [0.3, 0.4) is 0 Å². The third-order valence-corrected chi connectivity index (χ3v) is 0. The Hall–Kier alpha value is 3.00. The van der Waals surface area contributed by atoms with Gasteiger partial charge in [-0.15, -0.1) is 0 Å². The van der Waals surface area contributed by atoms with Gasteiger partial charge in [-0.05, 0) is 0 Å². The van der Waals surface area contributed by atoms with Gasteiger partial charge in [0.15, 0.2) is 0 Å². The first kappa shape index (κ1) is 29.6. The average Bonchev–Trinajstić information content (AvgIpc) is 0.722. The minimum absolute atomic E-state index is 0. The SMILES string of the molecule is O=P(O)(O)O.[Cl-].[K+].[Na+].[OH-]. The van der Waals surface area contributed by atoms with Crippen molar-refractivity contribution in [2.75, 3.05) is 0 Å². The van der Waals surface area contributed by atoms with Crippen molar-refractivity contribution < 1.29 is 118 Å². The minimum atomic E-state index is -4.64. The van der Waals surface area contributed by atoms with E-state index < -0.39 is 7.82 Å². The van der Waals surface area contributed by atoms with Crippen LogP contribution in [0.1, 0.15) is 0 Å². The van der Waals surface area contributed by atoms with Gasteiger partial charge in [0.05, 0.1) is 0 Å². The summed E-state index contributed by atoms with van der Waals surface area (Å²) in [7, 11) is -4.64. The smallest absolute Gasteiger partial charge is 1.00 e. The fourth-order valence-corrected chi connectivity index (χ4v) is 0. The van der Waals surface area contributed by atoms with Crippen LogP contribution in [-0.2, 0) is 4.57 Å². The standard InChI is InChI=1S/ClH.K.Na.H3O4P.H2O/c;;;1-5(2,3)4;/h1H;;;(H3,1,2,3,4);1H2/q;2*+1;;/p-2. The van der Waals surface area contributed by atoms with Crippen LogP contribution < -0.4 is 93.3 Å². The van der Waals surface area contributed by atoms with Gasteiger partial charge in [-0.25, -0.2) is 4.57 Å². The van der Waals surface area contributed by atoms with Gasteiger partial charge >= 0.3 is 88.8 Å². The van der Waals surface area contributed by atoms with Crippen LogP contribution >= 0.6 is 7.82 Å². The molecule has 0 unspecified atom stereocenters. The van der Waals surface area contributed by atoms with Crippen LogP contribution in [-0.4, -0.2) is 20.2 Å². The molecule has 0 aliphatic rings. The van der Waals surface area contributed by atoms with E-state index in [-0.39, 0.29) is 98.8 Å². The molecule has 0 saturated carbocycles. The van der Waals surface area contributed by atoms with E-state index in [1.165, 1.54) is 0 Å². The van der Waals surface area contributed by atoms with Crippen molar-refractivity contribution in [3.63, 3.8) is 0 Å². The van der Waals surface area contributed by atoms with Gasteiger partial charge in [0.2, 0.25) is 0 Å². The predicted octanol–water partition coefficient (Wildman–Crippen LogP) is -10.1. The Morgan fingerprint density at radius 2 is 1.11 bits per heavy atom. The molecule has 0 bridgehead atoms. The molecule has 48 valence electrons. The molecule has 9 heteroatoms. The van der Waals surface area contributed by atoms with Crippen molar-refractivity contribution >= 4 is 7.82 Å². The molecule has 0 atom stereocenters. The molecule has 0 aliphatic heterocycles. The van der Waals surface area contributed by atoms with Crippen molar-refractivity contribution in [3.8, 4) is 0 Å². The molecule has 0 heterocycles. The molecule has 5 nitrogen and oxygen atoms in total. The molecule has 0 radical (unpaired) electrons. The molecule has 0 saturated heterocycles. The fourth-order valence-electron chi connectivity index (χ4n) is 0. The second-order valence-electron chi connectivity index (χ2n) is 0.513. The molecule has 9 heavy (non-hydrogen) atoms. The normalized spacial score (nSPS) is 6.56. The van der Waals surface area contributed by atoms with Crippen molar-refractivity contribution in [1.82, 2.24) is 0 Å². The van der Waals surface area contributed by atoms with Crippen LogP contribution in [0.25, 0.3) is 0 Å². The third-order valence-electron chi connectivity index (χ3n) is 0. The number of hydrogen-bond acceptors (Lipinski definition) is 2. The van der Waals surface area contributed by atoms with Gasteiger partial charge in [-0.3, -0.25) is 0 Å². The Bertz CT molecular complexity index is 63.1. The van der Waals surface area contributed by atoms with E-state index in [4.69, 9.17) is 19.2 Å². The number of rotatable bonds is 0. The molecule has 0 amide bonds. The van der Waals surface area contributed by atoms with Crippen molar-refractivity contribution in [2.24, 2.45) is 0 Å². The van der Waals surface area contributed by atoms with Crippen LogP contribution in [0, 0.1) is 0 Å². The van der Waals surface area contributed by atoms with E-state index >= 15 is 0 Å². The zero-order valence-corrected chi connectivity index (χ0v) is 11.8. The molecule has 0 aromatic rings. The van der Waals surface area contributed by atoms with Gasteiger partial charge < -0.3 is 32.6 Å². The Morgan fingerprint density at radius 1 is 1.11 bits per heavy atom. The average molecular weight is 213 g/mol. The van der Waals surface area contributed by atoms with Crippen molar-refractivity contribution in [3.05, 3.63) is 0 Å². The predicted molar refractivity (Wildman–Crippen MR) is 16.2 cm³/mol. The summed E-state index contributed by atoms with van der Waals surface area (Å²) in [5.74, 6) is 0. The van der Waals surface area contributed by atoms with Gasteiger partial charge in [0, 0.05) is 0 Å². The topological polar surface area (TPSA) is 108 Å². The van der Waals surface area contributed by atoms with E-state index in [0.29, 0.717) is 0 Å². The molecule has 0 aromatic heterocycles. The van der Waals surface area contributed by atoms with Crippen LogP contribution in [0.15, 0.2) is 0 Å². The minimum Gasteiger partial charge on any atom is -1.00 e. The van der Waals surface area contributed by atoms with E-state index in [1.807, 2.05) is 0 Å². The number of halogens is 1. The zero-order valence-electron chi connectivity index (χ0n) is 5.02.